The standard InChI is InChI=1S/C25H27Cl.2C2H6/c1-18(2)20-14-16-22(17-15-20)25(19(3)4,21-10-6-5-7-11-21)23-12-8-9-13-24(23)26;2*1-2/h5-19H,1-4H3;2*1-2H3. The molecule has 1 atom stereocenters. The molecule has 30 heavy (non-hydrogen) atoms. The van der Waals surface area contributed by atoms with Crippen molar-refractivity contribution < 1.29 is 0 Å². The summed E-state index contributed by atoms with van der Waals surface area (Å²) >= 11 is 6.73. The van der Waals surface area contributed by atoms with Gasteiger partial charge in [0.25, 0.3) is 0 Å². The Bertz CT molecular complexity index is 847. The van der Waals surface area contributed by atoms with Crippen molar-refractivity contribution in [2.24, 2.45) is 5.92 Å². The summed E-state index contributed by atoms with van der Waals surface area (Å²) in [6.07, 6.45) is 0. The SMILES string of the molecule is CC.CC.CC(C)c1ccc(C(c2ccccc2)(c2ccccc2Cl)C(C)C)cc1. The summed E-state index contributed by atoms with van der Waals surface area (Å²) in [5.41, 5.74) is 4.81. The first kappa shape index (κ1) is 26.0. The highest BCUT2D eigenvalue weighted by atomic mass is 35.5. The van der Waals surface area contributed by atoms with Gasteiger partial charge < -0.3 is 0 Å². The van der Waals surface area contributed by atoms with E-state index in [0.29, 0.717) is 11.8 Å². The van der Waals surface area contributed by atoms with Gasteiger partial charge in [-0.05, 0) is 40.2 Å². The first-order valence-electron chi connectivity index (χ1n) is 11.4. The topological polar surface area (TPSA) is 0 Å². The minimum Gasteiger partial charge on any atom is -0.0840 e. The van der Waals surface area contributed by atoms with Crippen molar-refractivity contribution in [2.45, 2.75) is 66.7 Å². The van der Waals surface area contributed by atoms with E-state index in [1.54, 1.807) is 0 Å². The van der Waals surface area contributed by atoms with Gasteiger partial charge >= 0.3 is 0 Å². The maximum Gasteiger partial charge on any atom is 0.0488 e. The van der Waals surface area contributed by atoms with Crippen LogP contribution in [0, 0.1) is 5.92 Å². The molecule has 0 bridgehead atoms. The number of halogens is 1. The zero-order chi connectivity index (χ0) is 22.7. The van der Waals surface area contributed by atoms with Crippen LogP contribution in [0.15, 0.2) is 78.9 Å². The molecule has 1 heteroatoms. The Morgan fingerprint density at radius 2 is 1.07 bits per heavy atom. The van der Waals surface area contributed by atoms with Crippen LogP contribution in [0.25, 0.3) is 0 Å². The number of rotatable bonds is 5. The predicted molar refractivity (Wildman–Crippen MR) is 136 cm³/mol. The molecule has 0 aromatic heterocycles. The van der Waals surface area contributed by atoms with E-state index < -0.39 is 0 Å². The lowest BCUT2D eigenvalue weighted by atomic mass is 9.62. The minimum atomic E-state index is -0.283. The molecule has 0 fully saturated rings. The molecule has 0 heterocycles. The van der Waals surface area contributed by atoms with Crippen molar-refractivity contribution in [3.63, 3.8) is 0 Å². The molecular formula is C29H39Cl. The lowest BCUT2D eigenvalue weighted by molar-refractivity contribution is 0.437. The van der Waals surface area contributed by atoms with Gasteiger partial charge in [0.2, 0.25) is 0 Å². The van der Waals surface area contributed by atoms with Crippen LogP contribution < -0.4 is 0 Å². The Morgan fingerprint density at radius 3 is 1.53 bits per heavy atom. The third-order valence-corrected chi connectivity index (χ3v) is 5.76. The highest BCUT2D eigenvalue weighted by molar-refractivity contribution is 6.31. The first-order chi connectivity index (χ1) is 14.5. The maximum absolute atomic E-state index is 6.73. The van der Waals surface area contributed by atoms with E-state index in [-0.39, 0.29) is 5.41 Å². The lowest BCUT2D eigenvalue weighted by Crippen LogP contribution is -2.35. The van der Waals surface area contributed by atoms with Crippen LogP contribution in [0.4, 0.5) is 0 Å². The summed E-state index contributed by atoms with van der Waals surface area (Å²) < 4.78 is 0. The average molecular weight is 423 g/mol. The summed E-state index contributed by atoms with van der Waals surface area (Å²) in [4.78, 5) is 0. The van der Waals surface area contributed by atoms with Gasteiger partial charge in [-0.15, -0.1) is 0 Å². The summed E-state index contributed by atoms with van der Waals surface area (Å²) in [7, 11) is 0. The molecule has 0 saturated carbocycles. The number of hydrogen-bond donors (Lipinski definition) is 0. The Labute approximate surface area is 190 Å². The van der Waals surface area contributed by atoms with E-state index in [2.05, 4.69) is 94.4 Å². The van der Waals surface area contributed by atoms with E-state index in [1.807, 2.05) is 39.8 Å². The Kier molecular flexibility index (Phi) is 10.9. The van der Waals surface area contributed by atoms with Crippen molar-refractivity contribution in [3.05, 3.63) is 106 Å². The normalized spacial score (nSPS) is 12.4. The van der Waals surface area contributed by atoms with Crippen molar-refractivity contribution >= 4 is 11.6 Å². The Hall–Kier alpha value is -2.05. The molecule has 0 radical (unpaired) electrons. The van der Waals surface area contributed by atoms with E-state index in [4.69, 9.17) is 11.6 Å². The van der Waals surface area contributed by atoms with Crippen LogP contribution in [0.1, 0.15) is 83.6 Å². The molecule has 0 nitrogen and oxygen atoms in total. The third-order valence-electron chi connectivity index (χ3n) is 5.43. The zero-order valence-corrected chi connectivity index (χ0v) is 20.8. The fourth-order valence-electron chi connectivity index (χ4n) is 4.07. The second-order valence-corrected chi connectivity index (χ2v) is 7.99. The van der Waals surface area contributed by atoms with E-state index in [9.17, 15) is 0 Å². The molecule has 3 aromatic carbocycles. The van der Waals surface area contributed by atoms with Crippen molar-refractivity contribution in [1.29, 1.82) is 0 Å². The second kappa shape index (κ2) is 12.6. The van der Waals surface area contributed by atoms with Gasteiger partial charge in [-0.25, -0.2) is 0 Å². The van der Waals surface area contributed by atoms with Crippen molar-refractivity contribution in [2.75, 3.05) is 0 Å². The second-order valence-electron chi connectivity index (χ2n) is 7.59. The molecular weight excluding hydrogens is 384 g/mol. The smallest absolute Gasteiger partial charge is 0.0488 e. The first-order valence-corrected chi connectivity index (χ1v) is 11.8. The fourth-order valence-corrected chi connectivity index (χ4v) is 4.35. The molecule has 0 aliphatic heterocycles. The average Bonchev–Trinajstić information content (AvgIpc) is 2.79. The van der Waals surface area contributed by atoms with Crippen LogP contribution in [0.2, 0.25) is 5.02 Å². The molecule has 0 amide bonds. The van der Waals surface area contributed by atoms with E-state index in [1.165, 1.54) is 22.3 Å². The van der Waals surface area contributed by atoms with Gasteiger partial charge in [0.15, 0.2) is 0 Å². The predicted octanol–water partition coefficient (Wildman–Crippen LogP) is 9.51. The van der Waals surface area contributed by atoms with Crippen LogP contribution >= 0.6 is 11.6 Å². The highest BCUT2D eigenvalue weighted by Gasteiger charge is 2.40. The summed E-state index contributed by atoms with van der Waals surface area (Å²) in [5.74, 6) is 0.865. The fraction of sp³-hybridized carbons (Fsp3) is 0.379. The molecule has 162 valence electrons. The van der Waals surface area contributed by atoms with Gasteiger partial charge in [0.05, 0.1) is 0 Å². The van der Waals surface area contributed by atoms with Gasteiger partial charge in [-0.1, -0.05) is 140 Å². The number of hydrogen-bond acceptors (Lipinski definition) is 0. The van der Waals surface area contributed by atoms with Crippen LogP contribution in [-0.4, -0.2) is 0 Å². The van der Waals surface area contributed by atoms with Crippen LogP contribution in [-0.2, 0) is 5.41 Å². The van der Waals surface area contributed by atoms with Gasteiger partial charge in [-0.3, -0.25) is 0 Å². The molecule has 1 unspecified atom stereocenters. The maximum atomic E-state index is 6.73. The third kappa shape index (κ3) is 5.35. The van der Waals surface area contributed by atoms with Gasteiger partial charge in [-0.2, -0.15) is 0 Å². The van der Waals surface area contributed by atoms with Crippen molar-refractivity contribution in [3.8, 4) is 0 Å². The zero-order valence-electron chi connectivity index (χ0n) is 20.0. The number of benzene rings is 3. The monoisotopic (exact) mass is 422 g/mol. The van der Waals surface area contributed by atoms with Gasteiger partial charge in [0.1, 0.15) is 0 Å². The summed E-state index contributed by atoms with van der Waals surface area (Å²) in [6, 6.07) is 28.1. The van der Waals surface area contributed by atoms with Crippen LogP contribution in [0.5, 0.6) is 0 Å². The van der Waals surface area contributed by atoms with Gasteiger partial charge in [0, 0.05) is 10.4 Å². The van der Waals surface area contributed by atoms with Crippen LogP contribution in [0.3, 0.4) is 0 Å². The lowest BCUT2D eigenvalue weighted by Gasteiger charge is -2.40. The molecule has 3 aromatic rings. The largest absolute Gasteiger partial charge is 0.0840 e. The quantitative estimate of drug-likeness (QED) is 0.359. The molecule has 3 rings (SSSR count). The Balaban J connectivity index is 0.00000106. The molecule has 0 N–H and O–H groups in total. The molecule has 0 aliphatic carbocycles. The van der Waals surface area contributed by atoms with E-state index >= 15 is 0 Å². The van der Waals surface area contributed by atoms with E-state index in [0.717, 1.165) is 5.02 Å². The van der Waals surface area contributed by atoms with Crippen molar-refractivity contribution in [1.82, 2.24) is 0 Å². The summed E-state index contributed by atoms with van der Waals surface area (Å²) in [6.45, 7) is 17.0. The molecule has 0 aliphatic rings. The minimum absolute atomic E-state index is 0.283. The summed E-state index contributed by atoms with van der Waals surface area (Å²) in [5, 5.41) is 0.818. The molecule has 0 saturated heterocycles. The Morgan fingerprint density at radius 1 is 0.600 bits per heavy atom. The molecule has 0 spiro atoms. The highest BCUT2D eigenvalue weighted by Crippen LogP contribution is 2.47.